The summed E-state index contributed by atoms with van der Waals surface area (Å²) >= 11 is 12.2. The van der Waals surface area contributed by atoms with Gasteiger partial charge in [0.15, 0.2) is 11.5 Å². The molecule has 4 nitrogen and oxygen atoms in total. The predicted octanol–water partition coefficient (Wildman–Crippen LogP) is 5.94. The van der Waals surface area contributed by atoms with Gasteiger partial charge < -0.3 is 20.1 Å². The molecule has 0 heterocycles. The number of aryl methyl sites for hydroxylation is 1. The number of benzene rings is 2. The van der Waals surface area contributed by atoms with Crippen molar-refractivity contribution in [2.75, 3.05) is 0 Å². The summed E-state index contributed by atoms with van der Waals surface area (Å²) in [5, 5.41) is 30.7. The molecule has 0 unspecified atom stereocenters. The first kappa shape index (κ1) is 18.3. The van der Waals surface area contributed by atoms with Gasteiger partial charge in [0.1, 0.15) is 17.2 Å². The predicted molar refractivity (Wildman–Crippen MR) is 96.8 cm³/mol. The minimum absolute atomic E-state index is 0.0887. The van der Waals surface area contributed by atoms with Crippen LogP contribution in [0.25, 0.3) is 5.57 Å². The van der Waals surface area contributed by atoms with E-state index in [-0.39, 0.29) is 44.4 Å². The highest BCUT2D eigenvalue weighted by atomic mass is 35.5. The number of allylic oxidation sites excluding steroid dienone is 2. The lowest BCUT2D eigenvalue weighted by Crippen LogP contribution is -1.96. The fourth-order valence-corrected chi connectivity index (χ4v) is 2.76. The molecule has 0 saturated heterocycles. The Balaban J connectivity index is 2.70. The summed E-state index contributed by atoms with van der Waals surface area (Å²) in [4.78, 5) is 0. The average molecular weight is 369 g/mol. The first-order valence-electron chi connectivity index (χ1n) is 7.23. The van der Waals surface area contributed by atoms with Gasteiger partial charge >= 0.3 is 0 Å². The van der Waals surface area contributed by atoms with Crippen molar-refractivity contribution in [1.29, 1.82) is 0 Å². The first-order valence-corrected chi connectivity index (χ1v) is 7.98. The number of rotatable bonds is 3. The van der Waals surface area contributed by atoms with E-state index >= 15 is 0 Å². The number of aromatic hydroxyl groups is 3. The van der Waals surface area contributed by atoms with Crippen molar-refractivity contribution in [3.05, 3.63) is 44.9 Å². The van der Waals surface area contributed by atoms with Crippen LogP contribution < -0.4 is 4.74 Å². The maximum atomic E-state index is 10.4. The molecule has 2 aromatic rings. The van der Waals surface area contributed by atoms with E-state index in [1.54, 1.807) is 26.0 Å². The van der Waals surface area contributed by atoms with Gasteiger partial charge in [-0.25, -0.2) is 0 Å². The number of ether oxygens (including phenoxy) is 1. The molecule has 0 radical (unpaired) electrons. The highest BCUT2D eigenvalue weighted by molar-refractivity contribution is 6.34. The van der Waals surface area contributed by atoms with E-state index in [0.29, 0.717) is 11.1 Å². The van der Waals surface area contributed by atoms with E-state index in [2.05, 4.69) is 0 Å². The Morgan fingerprint density at radius 3 is 2.21 bits per heavy atom. The molecule has 128 valence electrons. The SMILES string of the molecule is C/C=C(\C)c1c(Cl)c(O)c(C)c(O)c1Oc1cc(C)c(Cl)c(O)c1. The standard InChI is InChI=1S/C18H18Cl2O4/c1-5-8(2)13-15(20)16(22)10(4)17(23)18(13)24-11-6-9(3)14(19)12(21)7-11/h5-7,21-23H,1-4H3/b8-5+. The summed E-state index contributed by atoms with van der Waals surface area (Å²) in [6, 6.07) is 2.98. The topological polar surface area (TPSA) is 69.9 Å². The molecule has 3 N–H and O–H groups in total. The highest BCUT2D eigenvalue weighted by Gasteiger charge is 2.23. The maximum absolute atomic E-state index is 10.4. The third-order valence-electron chi connectivity index (χ3n) is 3.84. The second-order valence-corrected chi connectivity index (χ2v) is 6.24. The van der Waals surface area contributed by atoms with Gasteiger partial charge in [0.2, 0.25) is 0 Å². The fraction of sp³-hybridized carbons (Fsp3) is 0.222. The molecule has 0 aromatic heterocycles. The van der Waals surface area contributed by atoms with Crippen LogP contribution >= 0.6 is 23.2 Å². The largest absolute Gasteiger partial charge is 0.506 e. The van der Waals surface area contributed by atoms with E-state index < -0.39 is 0 Å². The van der Waals surface area contributed by atoms with Crippen molar-refractivity contribution in [2.45, 2.75) is 27.7 Å². The van der Waals surface area contributed by atoms with Crippen molar-refractivity contribution in [2.24, 2.45) is 0 Å². The van der Waals surface area contributed by atoms with Crippen LogP contribution in [0.3, 0.4) is 0 Å². The van der Waals surface area contributed by atoms with Crippen molar-refractivity contribution < 1.29 is 20.1 Å². The van der Waals surface area contributed by atoms with Crippen LogP contribution in [0.15, 0.2) is 18.2 Å². The fourth-order valence-electron chi connectivity index (χ4n) is 2.27. The van der Waals surface area contributed by atoms with E-state index in [1.807, 2.05) is 6.92 Å². The molecule has 0 saturated carbocycles. The van der Waals surface area contributed by atoms with Crippen LogP contribution in [-0.4, -0.2) is 15.3 Å². The van der Waals surface area contributed by atoms with Gasteiger partial charge in [0, 0.05) is 17.2 Å². The van der Waals surface area contributed by atoms with Gasteiger partial charge in [-0.05, 0) is 44.9 Å². The van der Waals surface area contributed by atoms with E-state index in [1.165, 1.54) is 13.0 Å². The lowest BCUT2D eigenvalue weighted by molar-refractivity contribution is 0.395. The molecular formula is C18H18Cl2O4. The van der Waals surface area contributed by atoms with Crippen molar-refractivity contribution in [3.8, 4) is 28.7 Å². The zero-order chi connectivity index (χ0) is 18.2. The average Bonchev–Trinajstić information content (AvgIpc) is 2.55. The van der Waals surface area contributed by atoms with Crippen LogP contribution in [0.5, 0.6) is 28.7 Å². The molecule has 24 heavy (non-hydrogen) atoms. The summed E-state index contributed by atoms with van der Waals surface area (Å²) in [5.74, 6) is -0.159. The molecule has 0 aliphatic rings. The summed E-state index contributed by atoms with van der Waals surface area (Å²) < 4.78 is 5.79. The zero-order valence-electron chi connectivity index (χ0n) is 13.7. The molecule has 0 aliphatic heterocycles. The lowest BCUT2D eigenvalue weighted by Gasteiger charge is -2.18. The lowest BCUT2D eigenvalue weighted by atomic mass is 10.0. The second kappa shape index (κ2) is 6.83. The number of hydrogen-bond acceptors (Lipinski definition) is 4. The van der Waals surface area contributed by atoms with E-state index in [0.717, 1.165) is 5.57 Å². The summed E-state index contributed by atoms with van der Waals surface area (Å²) in [6.07, 6.45) is 1.78. The van der Waals surface area contributed by atoms with Crippen molar-refractivity contribution in [3.63, 3.8) is 0 Å². The minimum atomic E-state index is -0.222. The molecular weight excluding hydrogens is 351 g/mol. The number of phenols is 3. The van der Waals surface area contributed by atoms with E-state index in [9.17, 15) is 15.3 Å². The van der Waals surface area contributed by atoms with Gasteiger partial charge in [-0.2, -0.15) is 0 Å². The first-order chi connectivity index (χ1) is 11.2. The van der Waals surface area contributed by atoms with Gasteiger partial charge in [-0.1, -0.05) is 29.3 Å². The summed E-state index contributed by atoms with van der Waals surface area (Å²) in [5.41, 5.74) is 1.93. The molecule has 6 heteroatoms. The van der Waals surface area contributed by atoms with Crippen LogP contribution in [0.4, 0.5) is 0 Å². The summed E-state index contributed by atoms with van der Waals surface area (Å²) in [6.45, 7) is 6.85. The molecule has 2 rings (SSSR count). The molecule has 0 aliphatic carbocycles. The van der Waals surface area contributed by atoms with E-state index in [4.69, 9.17) is 27.9 Å². The van der Waals surface area contributed by atoms with Gasteiger partial charge in [-0.15, -0.1) is 0 Å². The third kappa shape index (κ3) is 3.12. The summed E-state index contributed by atoms with van der Waals surface area (Å²) in [7, 11) is 0. The molecule has 0 amide bonds. The second-order valence-electron chi connectivity index (χ2n) is 5.49. The minimum Gasteiger partial charge on any atom is -0.506 e. The number of hydrogen-bond donors (Lipinski definition) is 3. The maximum Gasteiger partial charge on any atom is 0.178 e. The molecule has 0 fully saturated rings. The zero-order valence-corrected chi connectivity index (χ0v) is 15.2. The quantitative estimate of drug-likeness (QED) is 0.626. The van der Waals surface area contributed by atoms with Gasteiger partial charge in [0.25, 0.3) is 0 Å². The Morgan fingerprint density at radius 1 is 1.04 bits per heavy atom. The monoisotopic (exact) mass is 368 g/mol. The third-order valence-corrected chi connectivity index (χ3v) is 4.70. The smallest absolute Gasteiger partial charge is 0.178 e. The Morgan fingerprint density at radius 2 is 1.67 bits per heavy atom. The van der Waals surface area contributed by atoms with Crippen LogP contribution in [-0.2, 0) is 0 Å². The van der Waals surface area contributed by atoms with Crippen molar-refractivity contribution in [1.82, 2.24) is 0 Å². The molecule has 0 spiro atoms. The molecule has 0 bridgehead atoms. The molecule has 0 atom stereocenters. The normalized spacial score (nSPS) is 11.7. The Kier molecular flexibility index (Phi) is 5.21. The van der Waals surface area contributed by atoms with Crippen LogP contribution in [0, 0.1) is 13.8 Å². The van der Waals surface area contributed by atoms with Gasteiger partial charge in [-0.3, -0.25) is 0 Å². The van der Waals surface area contributed by atoms with Gasteiger partial charge in [0.05, 0.1) is 10.0 Å². The highest BCUT2D eigenvalue weighted by Crippen LogP contribution is 2.49. The number of halogens is 2. The van der Waals surface area contributed by atoms with Crippen molar-refractivity contribution >= 4 is 28.8 Å². The molecule has 2 aromatic carbocycles. The van der Waals surface area contributed by atoms with Crippen LogP contribution in [0.1, 0.15) is 30.5 Å². The Hall–Kier alpha value is -2.04. The Bertz CT molecular complexity index is 819. The Labute approximate surface area is 150 Å². The van der Waals surface area contributed by atoms with Crippen LogP contribution in [0.2, 0.25) is 10.0 Å². The number of phenolic OH excluding ortho intramolecular Hbond substituents is 3.